The van der Waals surface area contributed by atoms with Crippen molar-refractivity contribution in [2.24, 2.45) is 0 Å². The zero-order valence-electron chi connectivity index (χ0n) is 14.9. The third-order valence-corrected chi connectivity index (χ3v) is 4.96. The van der Waals surface area contributed by atoms with E-state index >= 15 is 0 Å². The van der Waals surface area contributed by atoms with E-state index in [1.165, 1.54) is 5.56 Å². The van der Waals surface area contributed by atoms with Crippen LogP contribution in [0.25, 0.3) is 0 Å². The van der Waals surface area contributed by atoms with Crippen LogP contribution in [0.3, 0.4) is 0 Å². The van der Waals surface area contributed by atoms with Gasteiger partial charge in [-0.25, -0.2) is 0 Å². The summed E-state index contributed by atoms with van der Waals surface area (Å²) < 4.78 is 15.9. The minimum Gasteiger partial charge on any atom is -0.454 e. The Morgan fingerprint density at radius 1 is 1.07 bits per heavy atom. The number of fused-ring (bicyclic) bond motifs is 1. The molecule has 142 valence electrons. The summed E-state index contributed by atoms with van der Waals surface area (Å²) in [4.78, 5) is 14.8. The Hall–Kier alpha value is -2.28. The average Bonchev–Trinajstić information content (AvgIpc) is 3.17. The van der Waals surface area contributed by atoms with Gasteiger partial charge in [0.05, 0.1) is 18.2 Å². The molecule has 0 bridgehead atoms. The number of benzene rings is 2. The molecule has 1 saturated heterocycles. The summed E-state index contributed by atoms with van der Waals surface area (Å²) in [6.45, 7) is 5.03. The molecular weight excluding hydrogens is 368 g/mol. The van der Waals surface area contributed by atoms with Gasteiger partial charge in [0.25, 0.3) is 5.91 Å². The van der Waals surface area contributed by atoms with E-state index in [4.69, 9.17) is 25.8 Å². The molecule has 6 nitrogen and oxygen atoms in total. The second kappa shape index (κ2) is 8.17. The van der Waals surface area contributed by atoms with E-state index < -0.39 is 0 Å². The fourth-order valence-electron chi connectivity index (χ4n) is 3.16. The smallest absolute Gasteiger partial charge is 0.251 e. The molecule has 1 N–H and O–H groups in total. The molecule has 2 aliphatic rings. The zero-order valence-corrected chi connectivity index (χ0v) is 15.6. The Bertz CT molecular complexity index is 819. The van der Waals surface area contributed by atoms with Crippen LogP contribution in [0.15, 0.2) is 36.4 Å². The molecule has 0 unspecified atom stereocenters. The molecule has 2 aromatic carbocycles. The molecule has 27 heavy (non-hydrogen) atoms. The van der Waals surface area contributed by atoms with Crippen molar-refractivity contribution in [1.82, 2.24) is 10.2 Å². The number of amides is 1. The number of ether oxygens (including phenoxy) is 3. The Kier molecular flexibility index (Phi) is 5.48. The van der Waals surface area contributed by atoms with Crippen LogP contribution in [0.1, 0.15) is 21.5 Å². The molecule has 0 saturated carbocycles. The van der Waals surface area contributed by atoms with Gasteiger partial charge in [0.1, 0.15) is 0 Å². The van der Waals surface area contributed by atoms with Crippen LogP contribution in [0.2, 0.25) is 5.02 Å². The predicted molar refractivity (Wildman–Crippen MR) is 101 cm³/mol. The van der Waals surface area contributed by atoms with Gasteiger partial charge in [0.15, 0.2) is 11.5 Å². The molecule has 1 fully saturated rings. The van der Waals surface area contributed by atoms with Gasteiger partial charge in [-0.15, -0.1) is 0 Å². The van der Waals surface area contributed by atoms with Crippen LogP contribution in [-0.4, -0.2) is 43.9 Å². The van der Waals surface area contributed by atoms with Crippen LogP contribution in [-0.2, 0) is 17.8 Å². The molecule has 0 aliphatic carbocycles. The van der Waals surface area contributed by atoms with Crippen molar-refractivity contribution < 1.29 is 19.0 Å². The normalized spacial score (nSPS) is 16.3. The van der Waals surface area contributed by atoms with Gasteiger partial charge < -0.3 is 19.5 Å². The van der Waals surface area contributed by atoms with Crippen LogP contribution >= 0.6 is 11.6 Å². The lowest BCUT2D eigenvalue weighted by atomic mass is 10.1. The lowest BCUT2D eigenvalue weighted by Crippen LogP contribution is -2.35. The molecule has 2 heterocycles. The number of carbonyl (C=O) groups excluding carboxylic acids is 1. The van der Waals surface area contributed by atoms with Gasteiger partial charge in [-0.05, 0) is 23.3 Å². The summed E-state index contributed by atoms with van der Waals surface area (Å²) in [5.74, 6) is 0.789. The zero-order chi connectivity index (χ0) is 18.6. The van der Waals surface area contributed by atoms with Gasteiger partial charge in [-0.3, -0.25) is 9.69 Å². The van der Waals surface area contributed by atoms with Crippen molar-refractivity contribution in [1.29, 1.82) is 0 Å². The van der Waals surface area contributed by atoms with Crippen LogP contribution < -0.4 is 14.8 Å². The first-order valence-corrected chi connectivity index (χ1v) is 9.32. The Labute approximate surface area is 163 Å². The van der Waals surface area contributed by atoms with E-state index in [1.807, 2.05) is 12.1 Å². The predicted octanol–water partition coefficient (Wildman–Crippen LogP) is 2.83. The third kappa shape index (κ3) is 4.35. The van der Waals surface area contributed by atoms with E-state index in [9.17, 15) is 4.79 Å². The van der Waals surface area contributed by atoms with Gasteiger partial charge >= 0.3 is 0 Å². The number of nitrogens with one attached hydrogen (secondary N) is 1. The van der Waals surface area contributed by atoms with E-state index in [2.05, 4.69) is 22.3 Å². The Morgan fingerprint density at radius 2 is 1.81 bits per heavy atom. The van der Waals surface area contributed by atoms with Gasteiger partial charge in [0, 0.05) is 31.7 Å². The van der Waals surface area contributed by atoms with Crippen LogP contribution in [0, 0.1) is 0 Å². The molecule has 1 amide bonds. The highest BCUT2D eigenvalue weighted by Gasteiger charge is 2.20. The largest absolute Gasteiger partial charge is 0.454 e. The minimum absolute atomic E-state index is 0.122. The lowest BCUT2D eigenvalue weighted by molar-refractivity contribution is 0.0342. The average molecular weight is 389 g/mol. The number of rotatable bonds is 5. The first-order chi connectivity index (χ1) is 13.2. The minimum atomic E-state index is -0.201. The van der Waals surface area contributed by atoms with Crippen LogP contribution in [0.4, 0.5) is 0 Å². The molecular formula is C20H21ClN2O4. The fraction of sp³-hybridized carbons (Fsp3) is 0.350. The van der Waals surface area contributed by atoms with Crippen molar-refractivity contribution in [3.63, 3.8) is 0 Å². The van der Waals surface area contributed by atoms with Crippen molar-refractivity contribution in [3.05, 3.63) is 58.1 Å². The topological polar surface area (TPSA) is 60.0 Å². The van der Waals surface area contributed by atoms with Crippen molar-refractivity contribution in [2.75, 3.05) is 33.1 Å². The summed E-state index contributed by atoms with van der Waals surface area (Å²) in [7, 11) is 0. The summed E-state index contributed by atoms with van der Waals surface area (Å²) >= 11 is 6.14. The van der Waals surface area contributed by atoms with Crippen LogP contribution in [0.5, 0.6) is 11.5 Å². The van der Waals surface area contributed by atoms with Gasteiger partial charge in [-0.1, -0.05) is 35.9 Å². The second-order valence-corrected chi connectivity index (χ2v) is 6.99. The highest BCUT2D eigenvalue weighted by atomic mass is 35.5. The molecule has 7 heteroatoms. The monoisotopic (exact) mass is 388 g/mol. The molecule has 4 rings (SSSR count). The molecule has 2 aromatic rings. The maximum atomic E-state index is 12.4. The number of hydrogen-bond acceptors (Lipinski definition) is 5. The summed E-state index contributed by atoms with van der Waals surface area (Å²) in [6, 6.07) is 11.5. The second-order valence-electron chi connectivity index (χ2n) is 6.58. The highest BCUT2D eigenvalue weighted by molar-refractivity contribution is 6.32. The maximum absolute atomic E-state index is 12.4. The van der Waals surface area contributed by atoms with Crippen molar-refractivity contribution in [2.45, 2.75) is 13.1 Å². The van der Waals surface area contributed by atoms with Gasteiger partial charge in [0.2, 0.25) is 6.79 Å². The number of halogens is 1. The number of hydrogen-bond donors (Lipinski definition) is 1. The molecule has 0 spiro atoms. The lowest BCUT2D eigenvalue weighted by Gasteiger charge is -2.26. The SMILES string of the molecule is O=C(NCc1ccc(CN2CCOCC2)cc1)c1cc(Cl)c2c(c1)OCO2. The van der Waals surface area contributed by atoms with E-state index in [1.54, 1.807) is 12.1 Å². The summed E-state index contributed by atoms with van der Waals surface area (Å²) in [6.07, 6.45) is 0. The first kappa shape index (κ1) is 18.1. The number of carbonyl (C=O) groups is 1. The van der Waals surface area contributed by atoms with Crippen molar-refractivity contribution >= 4 is 17.5 Å². The maximum Gasteiger partial charge on any atom is 0.251 e. The molecule has 0 atom stereocenters. The Morgan fingerprint density at radius 3 is 2.59 bits per heavy atom. The van der Waals surface area contributed by atoms with E-state index in [0.717, 1.165) is 38.4 Å². The molecule has 0 radical (unpaired) electrons. The van der Waals surface area contributed by atoms with E-state index in [0.29, 0.717) is 28.6 Å². The fourth-order valence-corrected chi connectivity index (χ4v) is 3.43. The summed E-state index contributed by atoms with van der Waals surface area (Å²) in [5, 5.41) is 3.29. The summed E-state index contributed by atoms with van der Waals surface area (Å²) in [5.41, 5.74) is 2.75. The number of nitrogens with zero attached hydrogens (tertiary/aromatic N) is 1. The molecule has 0 aromatic heterocycles. The third-order valence-electron chi connectivity index (χ3n) is 4.68. The standard InChI is InChI=1S/C20H21ClN2O4/c21-17-9-16(10-18-19(17)27-13-26-18)20(24)22-11-14-1-3-15(4-2-14)12-23-5-7-25-8-6-23/h1-4,9-10H,5-8,11-13H2,(H,22,24). The highest BCUT2D eigenvalue weighted by Crippen LogP contribution is 2.39. The van der Waals surface area contributed by atoms with Crippen molar-refractivity contribution in [3.8, 4) is 11.5 Å². The Balaban J connectivity index is 1.33. The first-order valence-electron chi connectivity index (χ1n) is 8.94. The van der Waals surface area contributed by atoms with E-state index in [-0.39, 0.29) is 12.7 Å². The van der Waals surface area contributed by atoms with Gasteiger partial charge in [-0.2, -0.15) is 0 Å². The number of morpholine rings is 1. The quantitative estimate of drug-likeness (QED) is 0.853. The molecule has 2 aliphatic heterocycles.